The van der Waals surface area contributed by atoms with Gasteiger partial charge in [-0.3, -0.25) is 14.4 Å². The molecule has 1 fully saturated rings. The molecule has 0 saturated carbocycles. The maximum Gasteiger partial charge on any atom is 0.305 e. The first-order chi connectivity index (χ1) is 8.47. The number of piperazine rings is 1. The Bertz CT molecular complexity index is 343. The first-order valence-corrected chi connectivity index (χ1v) is 6.27. The molecule has 2 N–H and O–H groups in total. The van der Waals surface area contributed by atoms with Gasteiger partial charge in [0, 0.05) is 19.0 Å². The van der Waals surface area contributed by atoms with Crippen LogP contribution in [-0.2, 0) is 14.4 Å². The van der Waals surface area contributed by atoms with Gasteiger partial charge >= 0.3 is 5.97 Å². The molecule has 1 rings (SSSR count). The summed E-state index contributed by atoms with van der Waals surface area (Å²) < 4.78 is 0. The number of aliphatic carboxylic acids is 1. The van der Waals surface area contributed by atoms with E-state index >= 15 is 0 Å². The predicted molar refractivity (Wildman–Crippen MR) is 64.8 cm³/mol. The van der Waals surface area contributed by atoms with Gasteiger partial charge in [0.15, 0.2) is 0 Å². The topological polar surface area (TPSA) is 86.7 Å². The highest BCUT2D eigenvalue weighted by Crippen LogP contribution is 2.16. The normalized spacial score (nSPS) is 21.3. The first kappa shape index (κ1) is 14.5. The monoisotopic (exact) mass is 256 g/mol. The van der Waals surface area contributed by atoms with Crippen LogP contribution in [0.25, 0.3) is 0 Å². The Balaban J connectivity index is 2.78. The third-order valence-electron chi connectivity index (χ3n) is 3.13. The number of carbonyl (C=O) groups is 3. The van der Waals surface area contributed by atoms with E-state index in [0.717, 1.165) is 12.8 Å². The van der Waals surface area contributed by atoms with E-state index in [0.29, 0.717) is 13.1 Å². The van der Waals surface area contributed by atoms with Crippen LogP contribution in [0.1, 0.15) is 33.1 Å². The van der Waals surface area contributed by atoms with Crippen LogP contribution in [0.15, 0.2) is 0 Å². The SMILES string of the molecule is CCCC(C)C(=O)N1CCNC(=O)C1CC(=O)O. The van der Waals surface area contributed by atoms with Crippen LogP contribution in [0.5, 0.6) is 0 Å². The van der Waals surface area contributed by atoms with Crippen molar-refractivity contribution in [3.63, 3.8) is 0 Å². The summed E-state index contributed by atoms with van der Waals surface area (Å²) >= 11 is 0. The summed E-state index contributed by atoms with van der Waals surface area (Å²) in [5.74, 6) is -1.74. The van der Waals surface area contributed by atoms with Crippen molar-refractivity contribution in [1.29, 1.82) is 0 Å². The minimum Gasteiger partial charge on any atom is -0.481 e. The highest BCUT2D eigenvalue weighted by molar-refractivity contribution is 5.92. The highest BCUT2D eigenvalue weighted by atomic mass is 16.4. The second-order valence-corrected chi connectivity index (χ2v) is 4.63. The lowest BCUT2D eigenvalue weighted by Gasteiger charge is -2.35. The molecule has 1 aliphatic rings. The van der Waals surface area contributed by atoms with Crippen LogP contribution >= 0.6 is 0 Å². The van der Waals surface area contributed by atoms with E-state index in [9.17, 15) is 14.4 Å². The van der Waals surface area contributed by atoms with Crippen LogP contribution in [0.3, 0.4) is 0 Å². The summed E-state index contributed by atoms with van der Waals surface area (Å²) in [6, 6.07) is -0.872. The average Bonchev–Trinajstić information content (AvgIpc) is 2.30. The first-order valence-electron chi connectivity index (χ1n) is 6.27. The molecule has 18 heavy (non-hydrogen) atoms. The van der Waals surface area contributed by atoms with Crippen LogP contribution in [-0.4, -0.2) is 46.9 Å². The van der Waals surface area contributed by atoms with Gasteiger partial charge in [-0.2, -0.15) is 0 Å². The molecule has 2 unspecified atom stereocenters. The number of nitrogens with zero attached hydrogens (tertiary/aromatic N) is 1. The van der Waals surface area contributed by atoms with E-state index in [4.69, 9.17) is 5.11 Å². The lowest BCUT2D eigenvalue weighted by molar-refractivity contribution is -0.150. The number of carboxylic acid groups (broad SMARTS) is 1. The van der Waals surface area contributed by atoms with E-state index in [2.05, 4.69) is 5.32 Å². The van der Waals surface area contributed by atoms with E-state index in [-0.39, 0.29) is 24.2 Å². The molecular formula is C12H20N2O4. The fourth-order valence-electron chi connectivity index (χ4n) is 2.19. The second-order valence-electron chi connectivity index (χ2n) is 4.63. The third kappa shape index (κ3) is 3.45. The summed E-state index contributed by atoms with van der Waals surface area (Å²) in [6.07, 6.45) is 1.30. The molecule has 0 aromatic carbocycles. The lowest BCUT2D eigenvalue weighted by atomic mass is 10.0. The summed E-state index contributed by atoms with van der Waals surface area (Å²) in [6.45, 7) is 4.58. The molecule has 6 nitrogen and oxygen atoms in total. The fraction of sp³-hybridized carbons (Fsp3) is 0.750. The zero-order chi connectivity index (χ0) is 13.7. The quantitative estimate of drug-likeness (QED) is 0.737. The number of carbonyl (C=O) groups excluding carboxylic acids is 2. The second kappa shape index (κ2) is 6.37. The molecule has 6 heteroatoms. The Labute approximate surface area is 106 Å². The molecule has 102 valence electrons. The van der Waals surface area contributed by atoms with Gasteiger partial charge in [-0.25, -0.2) is 0 Å². The predicted octanol–water partition coefficient (Wildman–Crippen LogP) is 0.224. The number of hydrogen-bond donors (Lipinski definition) is 2. The van der Waals surface area contributed by atoms with Crippen molar-refractivity contribution in [3.05, 3.63) is 0 Å². The van der Waals surface area contributed by atoms with Crippen molar-refractivity contribution in [1.82, 2.24) is 10.2 Å². The van der Waals surface area contributed by atoms with Crippen molar-refractivity contribution in [3.8, 4) is 0 Å². The van der Waals surface area contributed by atoms with Gasteiger partial charge in [0.2, 0.25) is 11.8 Å². The van der Waals surface area contributed by atoms with Gasteiger partial charge in [0.25, 0.3) is 0 Å². The van der Waals surface area contributed by atoms with Crippen molar-refractivity contribution in [2.45, 2.75) is 39.2 Å². The number of amides is 2. The molecule has 0 spiro atoms. The van der Waals surface area contributed by atoms with E-state index in [1.165, 1.54) is 4.90 Å². The van der Waals surface area contributed by atoms with Crippen molar-refractivity contribution >= 4 is 17.8 Å². The maximum absolute atomic E-state index is 12.2. The molecule has 2 amide bonds. The van der Waals surface area contributed by atoms with Gasteiger partial charge in [0.1, 0.15) is 6.04 Å². The zero-order valence-corrected chi connectivity index (χ0v) is 10.8. The zero-order valence-electron chi connectivity index (χ0n) is 10.8. The highest BCUT2D eigenvalue weighted by Gasteiger charge is 2.35. The molecule has 0 aromatic heterocycles. The van der Waals surface area contributed by atoms with Crippen molar-refractivity contribution in [2.75, 3.05) is 13.1 Å². The molecule has 0 radical (unpaired) electrons. The number of carboxylic acids is 1. The van der Waals surface area contributed by atoms with Crippen molar-refractivity contribution < 1.29 is 19.5 Å². The molecule has 2 atom stereocenters. The van der Waals surface area contributed by atoms with Crippen molar-refractivity contribution in [2.24, 2.45) is 5.92 Å². The third-order valence-corrected chi connectivity index (χ3v) is 3.13. The van der Waals surface area contributed by atoms with Crippen LogP contribution < -0.4 is 5.32 Å². The largest absolute Gasteiger partial charge is 0.481 e. The average molecular weight is 256 g/mol. The fourth-order valence-corrected chi connectivity index (χ4v) is 2.19. The summed E-state index contributed by atoms with van der Waals surface area (Å²) in [4.78, 5) is 36.0. The summed E-state index contributed by atoms with van der Waals surface area (Å²) in [5, 5.41) is 11.4. The van der Waals surface area contributed by atoms with Gasteiger partial charge in [-0.1, -0.05) is 20.3 Å². The van der Waals surface area contributed by atoms with Crippen LogP contribution in [0.4, 0.5) is 0 Å². The minimum atomic E-state index is -1.07. The number of hydrogen-bond acceptors (Lipinski definition) is 3. The van der Waals surface area contributed by atoms with Crippen LogP contribution in [0.2, 0.25) is 0 Å². The number of nitrogens with one attached hydrogen (secondary N) is 1. The van der Waals surface area contributed by atoms with E-state index in [1.807, 2.05) is 13.8 Å². The molecular weight excluding hydrogens is 236 g/mol. The Morgan fingerprint density at radius 1 is 1.56 bits per heavy atom. The lowest BCUT2D eigenvalue weighted by Crippen LogP contribution is -2.58. The molecule has 0 aromatic rings. The van der Waals surface area contributed by atoms with Gasteiger partial charge in [-0.15, -0.1) is 0 Å². The Morgan fingerprint density at radius 3 is 2.78 bits per heavy atom. The Kier molecular flexibility index (Phi) is 5.12. The Hall–Kier alpha value is -1.59. The van der Waals surface area contributed by atoms with E-state index < -0.39 is 12.0 Å². The molecule has 0 aliphatic carbocycles. The van der Waals surface area contributed by atoms with Gasteiger partial charge in [-0.05, 0) is 6.42 Å². The smallest absolute Gasteiger partial charge is 0.305 e. The Morgan fingerprint density at radius 2 is 2.22 bits per heavy atom. The standard InChI is InChI=1S/C12H20N2O4/c1-3-4-8(2)12(18)14-6-5-13-11(17)9(14)7-10(15)16/h8-9H,3-7H2,1-2H3,(H,13,17)(H,15,16). The minimum absolute atomic E-state index is 0.127. The molecule has 1 saturated heterocycles. The molecule has 0 bridgehead atoms. The molecule has 1 aliphatic heterocycles. The van der Waals surface area contributed by atoms with Crippen LogP contribution in [0, 0.1) is 5.92 Å². The van der Waals surface area contributed by atoms with Gasteiger partial charge < -0.3 is 15.3 Å². The summed E-state index contributed by atoms with van der Waals surface area (Å²) in [7, 11) is 0. The summed E-state index contributed by atoms with van der Waals surface area (Å²) in [5.41, 5.74) is 0. The molecule has 1 heterocycles. The van der Waals surface area contributed by atoms with Gasteiger partial charge in [0.05, 0.1) is 6.42 Å². The van der Waals surface area contributed by atoms with E-state index in [1.54, 1.807) is 0 Å². The number of rotatable bonds is 5. The maximum atomic E-state index is 12.2.